The van der Waals surface area contributed by atoms with Crippen LogP contribution in [0.5, 0.6) is 0 Å². The zero-order valence-corrected chi connectivity index (χ0v) is 28.8. The molecule has 0 aromatic carbocycles. The van der Waals surface area contributed by atoms with Crippen LogP contribution >= 0.6 is 0 Å². The van der Waals surface area contributed by atoms with Crippen LogP contribution < -0.4 is 0 Å². The average Bonchev–Trinajstić information content (AvgIpc) is 3.04. The van der Waals surface area contributed by atoms with Crippen molar-refractivity contribution in [3.63, 3.8) is 0 Å². The first-order valence-electron chi connectivity index (χ1n) is 18.1. The van der Waals surface area contributed by atoms with Gasteiger partial charge in [0.25, 0.3) is 0 Å². The fraction of sp³-hybridized carbons (Fsp3) is 0.650. The number of allylic oxidation sites excluding steroid dienone is 12. The minimum Gasteiger partial charge on any atom is -0.462 e. The molecular weight excluding hydrogens is 560 g/mol. The monoisotopic (exact) mass is 626 g/mol. The van der Waals surface area contributed by atoms with Gasteiger partial charge in [0.2, 0.25) is 0 Å². The highest BCUT2D eigenvalue weighted by atomic mass is 16.6. The molecular formula is C40H66O5. The van der Waals surface area contributed by atoms with Crippen molar-refractivity contribution >= 4 is 11.9 Å². The Balaban J connectivity index is 3.68. The Labute approximate surface area is 276 Å². The molecule has 0 aliphatic heterocycles. The number of hydrogen-bond donors (Lipinski definition) is 1. The van der Waals surface area contributed by atoms with E-state index in [4.69, 9.17) is 9.47 Å². The van der Waals surface area contributed by atoms with Gasteiger partial charge in [-0.05, 0) is 57.8 Å². The van der Waals surface area contributed by atoms with Crippen molar-refractivity contribution in [1.82, 2.24) is 0 Å². The summed E-state index contributed by atoms with van der Waals surface area (Å²) in [6, 6.07) is 0. The first-order valence-corrected chi connectivity index (χ1v) is 18.1. The molecule has 0 amide bonds. The van der Waals surface area contributed by atoms with Crippen LogP contribution in [0.1, 0.15) is 149 Å². The third-order valence-corrected chi connectivity index (χ3v) is 7.36. The number of hydrogen-bond acceptors (Lipinski definition) is 5. The van der Waals surface area contributed by atoms with Crippen LogP contribution in [-0.4, -0.2) is 36.4 Å². The minimum atomic E-state index is -0.793. The summed E-state index contributed by atoms with van der Waals surface area (Å²) in [6.07, 6.45) is 46.7. The van der Waals surface area contributed by atoms with Gasteiger partial charge in [-0.3, -0.25) is 9.59 Å². The Hall–Kier alpha value is -2.66. The lowest BCUT2D eigenvalue weighted by Gasteiger charge is -2.15. The zero-order valence-electron chi connectivity index (χ0n) is 28.8. The lowest BCUT2D eigenvalue weighted by molar-refractivity contribution is -0.161. The van der Waals surface area contributed by atoms with Gasteiger partial charge in [-0.2, -0.15) is 0 Å². The number of unbranched alkanes of at least 4 members (excludes halogenated alkanes) is 15. The molecule has 0 aromatic heterocycles. The Morgan fingerprint density at radius 3 is 1.42 bits per heavy atom. The summed E-state index contributed by atoms with van der Waals surface area (Å²) in [5, 5.41) is 9.52. The van der Waals surface area contributed by atoms with Gasteiger partial charge in [0.15, 0.2) is 6.10 Å². The summed E-state index contributed by atoms with van der Waals surface area (Å²) >= 11 is 0. The molecule has 0 spiro atoms. The SMILES string of the molecule is CC/C=C/C=C/C=C/CCCCCCCC(=O)OCC(CO)OC(=O)CCCCCCC/C=C/C=C/C=C/CCCCCCC. The normalized spacial score (nSPS) is 13.0. The molecule has 0 aromatic rings. The molecule has 45 heavy (non-hydrogen) atoms. The molecule has 0 radical (unpaired) electrons. The summed E-state index contributed by atoms with van der Waals surface area (Å²) in [7, 11) is 0. The van der Waals surface area contributed by atoms with Gasteiger partial charge in [0, 0.05) is 12.8 Å². The van der Waals surface area contributed by atoms with Crippen molar-refractivity contribution in [3.8, 4) is 0 Å². The molecule has 0 heterocycles. The molecule has 5 nitrogen and oxygen atoms in total. The van der Waals surface area contributed by atoms with Crippen molar-refractivity contribution in [1.29, 1.82) is 0 Å². The first kappa shape index (κ1) is 42.3. The van der Waals surface area contributed by atoms with Gasteiger partial charge in [0.05, 0.1) is 6.61 Å². The smallest absolute Gasteiger partial charge is 0.306 e. The van der Waals surface area contributed by atoms with E-state index in [0.29, 0.717) is 12.8 Å². The second-order valence-corrected chi connectivity index (χ2v) is 11.7. The summed E-state index contributed by atoms with van der Waals surface area (Å²) in [4.78, 5) is 24.2. The minimum absolute atomic E-state index is 0.0891. The largest absolute Gasteiger partial charge is 0.462 e. The van der Waals surface area contributed by atoms with Gasteiger partial charge < -0.3 is 14.6 Å². The van der Waals surface area contributed by atoms with Crippen molar-refractivity contribution < 1.29 is 24.2 Å². The number of ether oxygens (including phenoxy) is 2. The lowest BCUT2D eigenvalue weighted by atomic mass is 10.1. The molecule has 0 saturated carbocycles. The van der Waals surface area contributed by atoms with Crippen molar-refractivity contribution in [3.05, 3.63) is 72.9 Å². The number of rotatable bonds is 31. The summed E-state index contributed by atoms with van der Waals surface area (Å²) in [5.74, 6) is -0.646. The van der Waals surface area contributed by atoms with E-state index in [1.54, 1.807) is 0 Å². The van der Waals surface area contributed by atoms with Gasteiger partial charge in [-0.25, -0.2) is 0 Å². The van der Waals surface area contributed by atoms with Crippen LogP contribution in [0.4, 0.5) is 0 Å². The summed E-state index contributed by atoms with van der Waals surface area (Å²) in [6.45, 7) is 3.93. The van der Waals surface area contributed by atoms with Crippen molar-refractivity contribution in [2.24, 2.45) is 0 Å². The maximum atomic E-state index is 12.1. The molecule has 0 bridgehead atoms. The van der Waals surface area contributed by atoms with Crippen LogP contribution in [0.15, 0.2) is 72.9 Å². The van der Waals surface area contributed by atoms with E-state index < -0.39 is 6.10 Å². The molecule has 0 aliphatic carbocycles. The van der Waals surface area contributed by atoms with Crippen LogP contribution in [0, 0.1) is 0 Å². The second kappa shape index (κ2) is 35.8. The number of aliphatic hydroxyl groups is 1. The van der Waals surface area contributed by atoms with E-state index in [2.05, 4.69) is 80.7 Å². The van der Waals surface area contributed by atoms with E-state index >= 15 is 0 Å². The first-order chi connectivity index (χ1) is 22.1. The maximum Gasteiger partial charge on any atom is 0.306 e. The molecule has 1 atom stereocenters. The average molecular weight is 627 g/mol. The summed E-state index contributed by atoms with van der Waals surface area (Å²) < 4.78 is 10.5. The van der Waals surface area contributed by atoms with Crippen molar-refractivity contribution in [2.75, 3.05) is 13.2 Å². The van der Waals surface area contributed by atoms with E-state index in [0.717, 1.165) is 83.5 Å². The molecule has 0 rings (SSSR count). The molecule has 256 valence electrons. The van der Waals surface area contributed by atoms with Crippen LogP contribution in [-0.2, 0) is 19.1 Å². The highest BCUT2D eigenvalue weighted by Crippen LogP contribution is 2.11. The topological polar surface area (TPSA) is 72.8 Å². The van der Waals surface area contributed by atoms with E-state index in [9.17, 15) is 14.7 Å². The molecule has 1 N–H and O–H groups in total. The summed E-state index contributed by atoms with van der Waals surface area (Å²) in [5.41, 5.74) is 0. The quantitative estimate of drug-likeness (QED) is 0.0471. The fourth-order valence-corrected chi connectivity index (χ4v) is 4.61. The number of esters is 2. The fourth-order valence-electron chi connectivity index (χ4n) is 4.61. The van der Waals surface area contributed by atoms with E-state index in [-0.39, 0.29) is 25.2 Å². The Morgan fingerprint density at radius 2 is 0.956 bits per heavy atom. The Morgan fingerprint density at radius 1 is 0.533 bits per heavy atom. The molecule has 0 aliphatic rings. The second-order valence-electron chi connectivity index (χ2n) is 11.7. The van der Waals surface area contributed by atoms with Gasteiger partial charge in [0.1, 0.15) is 6.61 Å². The maximum absolute atomic E-state index is 12.1. The van der Waals surface area contributed by atoms with Gasteiger partial charge in [-0.1, -0.05) is 151 Å². The number of carbonyl (C=O) groups is 2. The van der Waals surface area contributed by atoms with Gasteiger partial charge >= 0.3 is 11.9 Å². The lowest BCUT2D eigenvalue weighted by Crippen LogP contribution is -2.28. The van der Waals surface area contributed by atoms with Crippen LogP contribution in [0.3, 0.4) is 0 Å². The number of carbonyl (C=O) groups excluding carboxylic acids is 2. The highest BCUT2D eigenvalue weighted by molar-refractivity contribution is 5.70. The standard InChI is InChI=1S/C40H66O5/c1-3-5-7-9-11-13-15-17-18-19-20-21-23-25-27-29-31-33-35-40(43)45-38(36-41)37-44-39(42)34-32-30-28-26-24-22-16-14-12-10-8-6-4-2/h6,8,10,12,14-21,38,41H,3-5,7,9,11,13,22-37H2,1-2H3/b8-6+,12-10+,16-14+,17-15+,19-18+,21-20+. The van der Waals surface area contributed by atoms with Crippen LogP contribution in [0.25, 0.3) is 0 Å². The Bertz CT molecular complexity index is 849. The third kappa shape index (κ3) is 34.1. The molecule has 1 unspecified atom stereocenters. The molecule has 5 heteroatoms. The highest BCUT2D eigenvalue weighted by Gasteiger charge is 2.16. The van der Waals surface area contributed by atoms with Crippen molar-refractivity contribution in [2.45, 2.75) is 155 Å². The third-order valence-electron chi connectivity index (χ3n) is 7.36. The molecule has 0 fully saturated rings. The molecule has 0 saturated heterocycles. The predicted octanol–water partition coefficient (Wildman–Crippen LogP) is 11.0. The van der Waals surface area contributed by atoms with E-state index in [1.807, 2.05) is 6.08 Å². The van der Waals surface area contributed by atoms with E-state index in [1.165, 1.54) is 38.5 Å². The number of aliphatic hydroxyl groups excluding tert-OH is 1. The van der Waals surface area contributed by atoms with Gasteiger partial charge in [-0.15, -0.1) is 0 Å². The zero-order chi connectivity index (χ0) is 32.9. The predicted molar refractivity (Wildman–Crippen MR) is 191 cm³/mol. The van der Waals surface area contributed by atoms with Crippen LogP contribution in [0.2, 0.25) is 0 Å². The Kier molecular flexibility index (Phi) is 33.7.